The number of nitrogens with one attached hydrogen (secondary N) is 2. The molecule has 114 valence electrons. The van der Waals surface area contributed by atoms with Crippen LogP contribution < -0.4 is 10.6 Å². The number of nitrogens with zero attached hydrogens (tertiary/aromatic N) is 1. The van der Waals surface area contributed by atoms with Crippen LogP contribution in [0.5, 0.6) is 0 Å². The molecule has 20 heavy (non-hydrogen) atoms. The van der Waals surface area contributed by atoms with Gasteiger partial charge in [-0.1, -0.05) is 13.8 Å². The lowest BCUT2D eigenvalue weighted by atomic mass is 9.96. The van der Waals surface area contributed by atoms with Gasteiger partial charge < -0.3 is 15.5 Å². The van der Waals surface area contributed by atoms with Crippen molar-refractivity contribution < 1.29 is 9.59 Å². The molecule has 2 aliphatic heterocycles. The molecule has 2 fully saturated rings. The van der Waals surface area contributed by atoms with E-state index in [0.29, 0.717) is 12.5 Å². The predicted molar refractivity (Wildman–Crippen MR) is 78.2 cm³/mol. The molecule has 0 saturated carbocycles. The number of hydrogen-bond donors (Lipinski definition) is 2. The highest BCUT2D eigenvalue weighted by Gasteiger charge is 2.27. The molecule has 2 N–H and O–H groups in total. The van der Waals surface area contributed by atoms with Crippen LogP contribution in [-0.4, -0.2) is 48.9 Å². The van der Waals surface area contributed by atoms with Crippen LogP contribution in [0.2, 0.25) is 0 Å². The maximum atomic E-state index is 12.0. The number of rotatable bonds is 4. The predicted octanol–water partition coefficient (Wildman–Crippen LogP) is 0.749. The molecule has 2 rings (SSSR count). The van der Waals surface area contributed by atoms with E-state index in [0.717, 1.165) is 45.3 Å². The summed E-state index contributed by atoms with van der Waals surface area (Å²) in [5, 5.41) is 6.25. The number of carbonyl (C=O) groups is 2. The summed E-state index contributed by atoms with van der Waals surface area (Å²) >= 11 is 0. The zero-order valence-electron chi connectivity index (χ0n) is 12.7. The van der Waals surface area contributed by atoms with Crippen LogP contribution in [0.15, 0.2) is 0 Å². The first-order valence-corrected chi connectivity index (χ1v) is 7.88. The zero-order chi connectivity index (χ0) is 14.5. The van der Waals surface area contributed by atoms with E-state index in [4.69, 9.17) is 0 Å². The summed E-state index contributed by atoms with van der Waals surface area (Å²) in [5.41, 5.74) is 0. The molecule has 5 nitrogen and oxygen atoms in total. The Balaban J connectivity index is 1.75. The van der Waals surface area contributed by atoms with Gasteiger partial charge in [-0.3, -0.25) is 9.59 Å². The van der Waals surface area contributed by atoms with Gasteiger partial charge in [0.1, 0.15) is 0 Å². The van der Waals surface area contributed by atoms with Crippen LogP contribution in [-0.2, 0) is 9.59 Å². The molecule has 0 spiro atoms. The summed E-state index contributed by atoms with van der Waals surface area (Å²) < 4.78 is 0. The third-order valence-corrected chi connectivity index (χ3v) is 4.27. The average molecular weight is 281 g/mol. The van der Waals surface area contributed by atoms with Gasteiger partial charge in [0.05, 0.1) is 6.04 Å². The lowest BCUT2D eigenvalue weighted by Crippen LogP contribution is -2.47. The van der Waals surface area contributed by atoms with Crippen LogP contribution in [0.1, 0.15) is 39.5 Å². The van der Waals surface area contributed by atoms with Gasteiger partial charge in [0, 0.05) is 25.6 Å². The second-order valence-electron chi connectivity index (χ2n) is 6.34. The fourth-order valence-electron chi connectivity index (χ4n) is 3.07. The Kier molecular flexibility index (Phi) is 5.40. The topological polar surface area (TPSA) is 61.4 Å². The highest BCUT2D eigenvalue weighted by Crippen LogP contribution is 2.18. The molecule has 0 aromatic carbocycles. The van der Waals surface area contributed by atoms with Crippen molar-refractivity contribution in [1.29, 1.82) is 0 Å². The minimum Gasteiger partial charge on any atom is -0.354 e. The van der Waals surface area contributed by atoms with E-state index >= 15 is 0 Å². The normalized spacial score (nSPS) is 26.9. The molecule has 0 bridgehead atoms. The smallest absolute Gasteiger partial charge is 0.237 e. The van der Waals surface area contributed by atoms with Crippen molar-refractivity contribution in [3.63, 3.8) is 0 Å². The lowest BCUT2D eigenvalue weighted by molar-refractivity contribution is -0.136. The van der Waals surface area contributed by atoms with Gasteiger partial charge in [0.2, 0.25) is 11.8 Å². The van der Waals surface area contributed by atoms with Gasteiger partial charge in [0.15, 0.2) is 0 Å². The minimum atomic E-state index is -0.00742. The van der Waals surface area contributed by atoms with E-state index in [1.807, 2.05) is 18.7 Å². The van der Waals surface area contributed by atoms with Crippen LogP contribution >= 0.6 is 0 Å². The summed E-state index contributed by atoms with van der Waals surface area (Å²) in [6.45, 7) is 7.18. The Morgan fingerprint density at radius 2 is 2.10 bits per heavy atom. The van der Waals surface area contributed by atoms with E-state index in [1.165, 1.54) is 0 Å². The standard InChI is InChI=1S/C15H27N3O2/c1-11(2)15(20)18-8-4-5-12(10-18)9-17-14(19)13-6-3-7-16-13/h11-13,16H,3-10H2,1-2H3,(H,17,19). The van der Waals surface area contributed by atoms with E-state index in [-0.39, 0.29) is 23.8 Å². The van der Waals surface area contributed by atoms with Crippen molar-refractivity contribution in [3.05, 3.63) is 0 Å². The fourth-order valence-corrected chi connectivity index (χ4v) is 3.07. The Hall–Kier alpha value is -1.10. The fraction of sp³-hybridized carbons (Fsp3) is 0.867. The first-order valence-electron chi connectivity index (χ1n) is 7.88. The quantitative estimate of drug-likeness (QED) is 0.799. The van der Waals surface area contributed by atoms with Gasteiger partial charge in [-0.05, 0) is 38.1 Å². The van der Waals surface area contributed by atoms with Crippen LogP contribution in [0.4, 0.5) is 0 Å². The molecule has 2 atom stereocenters. The Labute approximate surface area is 121 Å². The van der Waals surface area contributed by atoms with Gasteiger partial charge in [-0.15, -0.1) is 0 Å². The molecule has 0 radical (unpaired) electrons. The third-order valence-electron chi connectivity index (χ3n) is 4.27. The molecule has 0 aromatic rings. The maximum absolute atomic E-state index is 12.0. The summed E-state index contributed by atoms with van der Waals surface area (Å²) in [7, 11) is 0. The number of piperidine rings is 1. The van der Waals surface area contributed by atoms with E-state index in [9.17, 15) is 9.59 Å². The van der Waals surface area contributed by atoms with Crippen LogP contribution in [0.25, 0.3) is 0 Å². The molecule has 5 heteroatoms. The third kappa shape index (κ3) is 3.95. The Morgan fingerprint density at radius 1 is 1.30 bits per heavy atom. The van der Waals surface area contributed by atoms with Crippen molar-refractivity contribution in [2.45, 2.75) is 45.6 Å². The molecular weight excluding hydrogens is 254 g/mol. The maximum Gasteiger partial charge on any atom is 0.237 e. The average Bonchev–Trinajstić information content (AvgIpc) is 2.98. The molecule has 0 aliphatic carbocycles. The van der Waals surface area contributed by atoms with Crippen molar-refractivity contribution in [3.8, 4) is 0 Å². The van der Waals surface area contributed by atoms with Gasteiger partial charge >= 0.3 is 0 Å². The second kappa shape index (κ2) is 7.07. The lowest BCUT2D eigenvalue weighted by Gasteiger charge is -2.34. The van der Waals surface area contributed by atoms with Crippen molar-refractivity contribution >= 4 is 11.8 Å². The monoisotopic (exact) mass is 281 g/mol. The largest absolute Gasteiger partial charge is 0.354 e. The molecule has 2 amide bonds. The summed E-state index contributed by atoms with van der Waals surface area (Å²) in [4.78, 5) is 25.9. The summed E-state index contributed by atoms with van der Waals surface area (Å²) in [6, 6.07) is -0.00742. The highest BCUT2D eigenvalue weighted by atomic mass is 16.2. The zero-order valence-corrected chi connectivity index (χ0v) is 12.7. The summed E-state index contributed by atoms with van der Waals surface area (Å²) in [6.07, 6.45) is 4.16. The van der Waals surface area contributed by atoms with Crippen LogP contribution in [0.3, 0.4) is 0 Å². The SMILES string of the molecule is CC(C)C(=O)N1CCCC(CNC(=O)C2CCCN2)C1. The van der Waals surface area contributed by atoms with Gasteiger partial charge in [-0.2, -0.15) is 0 Å². The minimum absolute atomic E-state index is 0.00742. The molecule has 2 unspecified atom stereocenters. The molecule has 2 aliphatic rings. The van der Waals surface area contributed by atoms with Gasteiger partial charge in [0.25, 0.3) is 0 Å². The van der Waals surface area contributed by atoms with Crippen LogP contribution in [0, 0.1) is 11.8 Å². The molecule has 0 aromatic heterocycles. The molecular formula is C15H27N3O2. The van der Waals surface area contributed by atoms with Crippen molar-refractivity contribution in [2.75, 3.05) is 26.2 Å². The molecule has 2 heterocycles. The van der Waals surface area contributed by atoms with E-state index in [2.05, 4.69) is 10.6 Å². The summed E-state index contributed by atoms with van der Waals surface area (Å²) in [5.74, 6) is 0.816. The first-order chi connectivity index (χ1) is 9.58. The highest BCUT2D eigenvalue weighted by molar-refractivity contribution is 5.82. The number of hydrogen-bond acceptors (Lipinski definition) is 3. The first kappa shape index (κ1) is 15.3. The van der Waals surface area contributed by atoms with Gasteiger partial charge in [-0.25, -0.2) is 0 Å². The van der Waals surface area contributed by atoms with E-state index < -0.39 is 0 Å². The molecule has 2 saturated heterocycles. The second-order valence-corrected chi connectivity index (χ2v) is 6.34. The number of amides is 2. The number of carbonyl (C=O) groups excluding carboxylic acids is 2. The number of likely N-dealkylation sites (tertiary alicyclic amines) is 1. The Bertz CT molecular complexity index is 351. The van der Waals surface area contributed by atoms with E-state index in [1.54, 1.807) is 0 Å². The van der Waals surface area contributed by atoms with Crippen molar-refractivity contribution in [1.82, 2.24) is 15.5 Å². The Morgan fingerprint density at radius 3 is 2.75 bits per heavy atom. The van der Waals surface area contributed by atoms with Crippen molar-refractivity contribution in [2.24, 2.45) is 11.8 Å².